The molecule has 2 N–H and O–H groups in total. The number of aromatic nitrogens is 1. The van der Waals surface area contributed by atoms with Crippen LogP contribution in [0.2, 0.25) is 0 Å². The Morgan fingerprint density at radius 2 is 2.00 bits per heavy atom. The fourth-order valence-corrected chi connectivity index (χ4v) is 2.72. The van der Waals surface area contributed by atoms with Gasteiger partial charge in [0, 0.05) is 23.6 Å². The lowest BCUT2D eigenvalue weighted by Gasteiger charge is -2.08. The Morgan fingerprint density at radius 1 is 1.12 bits per heavy atom. The van der Waals surface area contributed by atoms with E-state index in [1.165, 1.54) is 12.1 Å². The van der Waals surface area contributed by atoms with E-state index in [-0.39, 0.29) is 5.82 Å². The van der Waals surface area contributed by atoms with E-state index in [4.69, 9.17) is 4.74 Å². The van der Waals surface area contributed by atoms with Gasteiger partial charge in [0.05, 0.1) is 0 Å². The van der Waals surface area contributed by atoms with Crippen molar-refractivity contribution in [2.24, 2.45) is 0 Å². The molecule has 132 valence electrons. The van der Waals surface area contributed by atoms with Gasteiger partial charge in [0.1, 0.15) is 18.2 Å². The van der Waals surface area contributed by atoms with Crippen LogP contribution in [0.5, 0.6) is 5.75 Å². The van der Waals surface area contributed by atoms with Gasteiger partial charge in [-0.2, -0.15) is 0 Å². The maximum absolute atomic E-state index is 13.4. The van der Waals surface area contributed by atoms with Crippen LogP contribution in [-0.4, -0.2) is 24.6 Å². The van der Waals surface area contributed by atoms with E-state index < -0.39 is 13.0 Å². The van der Waals surface area contributed by atoms with Gasteiger partial charge >= 0.3 is 0 Å². The first-order valence-electron chi connectivity index (χ1n) is 8.08. The molecule has 3 aromatic rings. The van der Waals surface area contributed by atoms with Crippen LogP contribution >= 0.6 is 0 Å². The van der Waals surface area contributed by atoms with Gasteiger partial charge in [-0.3, -0.25) is 0 Å². The highest BCUT2D eigenvalue weighted by Gasteiger charge is 2.06. The number of nitrogens with one attached hydrogen (secondary N) is 2. The van der Waals surface area contributed by atoms with Gasteiger partial charge in [0.15, 0.2) is 0 Å². The minimum Gasteiger partial charge on any atom is -0.488 e. The molecule has 0 radical (unpaired) electrons. The number of benzene rings is 2. The quantitative estimate of drug-likeness (QED) is 0.596. The molecule has 3 nitrogen and oxygen atoms in total. The van der Waals surface area contributed by atoms with Crippen LogP contribution in [0.4, 0.5) is 13.2 Å². The SMILES string of the molecule is Fc1ccc2[nH]cc(CCNCc3cccc(OCC(F)F)c3)c2c1. The van der Waals surface area contributed by atoms with Gasteiger partial charge < -0.3 is 15.0 Å². The molecular formula is C19H19F3N2O. The first-order chi connectivity index (χ1) is 12.1. The maximum atomic E-state index is 13.4. The normalized spacial score (nSPS) is 11.4. The summed E-state index contributed by atoms with van der Waals surface area (Å²) in [7, 11) is 0. The smallest absolute Gasteiger partial charge is 0.272 e. The summed E-state index contributed by atoms with van der Waals surface area (Å²) in [4.78, 5) is 3.13. The Kier molecular flexibility index (Phi) is 5.60. The molecule has 0 unspecified atom stereocenters. The predicted molar refractivity (Wildman–Crippen MR) is 91.6 cm³/mol. The third-order valence-electron chi connectivity index (χ3n) is 3.90. The van der Waals surface area contributed by atoms with Crippen LogP contribution in [0.1, 0.15) is 11.1 Å². The van der Waals surface area contributed by atoms with Crippen molar-refractivity contribution < 1.29 is 17.9 Å². The minimum absolute atomic E-state index is 0.248. The standard InChI is InChI=1S/C19H19F3N2O/c20-15-4-5-18-17(9-15)14(11-24-18)6-7-23-10-13-2-1-3-16(8-13)25-12-19(21)22/h1-5,8-9,11,19,23-24H,6-7,10,12H2. The predicted octanol–water partition coefficient (Wildman–Crippen LogP) is 4.28. The molecule has 1 heterocycles. The van der Waals surface area contributed by atoms with Crippen molar-refractivity contribution in [2.75, 3.05) is 13.2 Å². The number of fused-ring (bicyclic) bond motifs is 1. The van der Waals surface area contributed by atoms with E-state index in [9.17, 15) is 13.2 Å². The molecule has 25 heavy (non-hydrogen) atoms. The molecule has 0 spiro atoms. The largest absolute Gasteiger partial charge is 0.488 e. The molecule has 0 aliphatic rings. The second kappa shape index (κ2) is 8.07. The van der Waals surface area contributed by atoms with Crippen molar-refractivity contribution in [3.8, 4) is 5.75 Å². The van der Waals surface area contributed by atoms with Crippen molar-refractivity contribution in [3.63, 3.8) is 0 Å². The summed E-state index contributed by atoms with van der Waals surface area (Å²) in [6, 6.07) is 11.8. The minimum atomic E-state index is -2.48. The van der Waals surface area contributed by atoms with Crippen LogP contribution in [0.25, 0.3) is 10.9 Å². The zero-order chi connectivity index (χ0) is 17.6. The van der Waals surface area contributed by atoms with Crippen LogP contribution in [0.3, 0.4) is 0 Å². The maximum Gasteiger partial charge on any atom is 0.272 e. The summed E-state index contributed by atoms with van der Waals surface area (Å²) in [6.07, 6.45) is 0.165. The molecule has 0 atom stereocenters. The molecular weight excluding hydrogens is 329 g/mol. The average molecular weight is 348 g/mol. The number of H-pyrrole nitrogens is 1. The lowest BCUT2D eigenvalue weighted by Crippen LogP contribution is -2.16. The topological polar surface area (TPSA) is 37.0 Å². The molecule has 0 fully saturated rings. The first-order valence-corrected chi connectivity index (χ1v) is 8.08. The number of rotatable bonds is 8. The zero-order valence-corrected chi connectivity index (χ0v) is 13.6. The lowest BCUT2D eigenvalue weighted by atomic mass is 10.1. The number of hydrogen-bond donors (Lipinski definition) is 2. The molecule has 6 heteroatoms. The fraction of sp³-hybridized carbons (Fsp3) is 0.263. The Bertz CT molecular complexity index is 832. The Labute approximate surface area is 143 Å². The van der Waals surface area contributed by atoms with Crippen molar-refractivity contribution in [3.05, 3.63) is 65.6 Å². The third-order valence-corrected chi connectivity index (χ3v) is 3.90. The van der Waals surface area contributed by atoms with Crippen molar-refractivity contribution in [1.82, 2.24) is 10.3 Å². The molecule has 0 saturated carbocycles. The Hall–Kier alpha value is -2.47. The third kappa shape index (κ3) is 4.76. The molecule has 3 rings (SSSR count). The summed E-state index contributed by atoms with van der Waals surface area (Å²) in [6.45, 7) is 0.711. The summed E-state index contributed by atoms with van der Waals surface area (Å²) in [5.41, 5.74) is 2.92. The summed E-state index contributed by atoms with van der Waals surface area (Å²) < 4.78 is 42.7. The number of halogens is 3. The first kappa shape index (κ1) is 17.4. The number of alkyl halides is 2. The molecule has 2 aromatic carbocycles. The molecule has 0 aliphatic carbocycles. The molecule has 0 bridgehead atoms. The van der Waals surface area contributed by atoms with E-state index >= 15 is 0 Å². The van der Waals surface area contributed by atoms with E-state index in [2.05, 4.69) is 10.3 Å². The van der Waals surface area contributed by atoms with Gasteiger partial charge in [0.2, 0.25) is 0 Å². The van der Waals surface area contributed by atoms with Gasteiger partial charge in [-0.1, -0.05) is 12.1 Å². The summed E-state index contributed by atoms with van der Waals surface area (Å²) >= 11 is 0. The highest BCUT2D eigenvalue weighted by molar-refractivity contribution is 5.83. The second-order valence-corrected chi connectivity index (χ2v) is 5.78. The van der Waals surface area contributed by atoms with E-state index in [0.29, 0.717) is 18.8 Å². The lowest BCUT2D eigenvalue weighted by molar-refractivity contribution is 0.0818. The van der Waals surface area contributed by atoms with Gasteiger partial charge in [-0.05, 0) is 54.4 Å². The van der Waals surface area contributed by atoms with Gasteiger partial charge in [0.25, 0.3) is 6.43 Å². The van der Waals surface area contributed by atoms with Crippen molar-refractivity contribution in [1.29, 1.82) is 0 Å². The molecule has 0 saturated heterocycles. The molecule has 0 aliphatic heterocycles. The van der Waals surface area contributed by atoms with E-state index in [0.717, 1.165) is 28.5 Å². The highest BCUT2D eigenvalue weighted by Crippen LogP contribution is 2.19. The van der Waals surface area contributed by atoms with E-state index in [1.54, 1.807) is 24.3 Å². The number of aromatic amines is 1. The van der Waals surface area contributed by atoms with Crippen LogP contribution in [0.15, 0.2) is 48.7 Å². The Balaban J connectivity index is 1.51. The highest BCUT2D eigenvalue weighted by atomic mass is 19.3. The second-order valence-electron chi connectivity index (χ2n) is 5.78. The zero-order valence-electron chi connectivity index (χ0n) is 13.6. The van der Waals surface area contributed by atoms with Crippen molar-refractivity contribution in [2.45, 2.75) is 19.4 Å². The Morgan fingerprint density at radius 3 is 2.84 bits per heavy atom. The molecule has 0 amide bonds. The average Bonchev–Trinajstić information content (AvgIpc) is 2.99. The van der Waals surface area contributed by atoms with Crippen LogP contribution in [-0.2, 0) is 13.0 Å². The summed E-state index contributed by atoms with van der Waals surface area (Å²) in [5.74, 6) is 0.189. The monoisotopic (exact) mass is 348 g/mol. The number of hydrogen-bond acceptors (Lipinski definition) is 2. The summed E-state index contributed by atoms with van der Waals surface area (Å²) in [5, 5.41) is 4.19. The van der Waals surface area contributed by atoms with Gasteiger partial charge in [-0.25, -0.2) is 13.2 Å². The van der Waals surface area contributed by atoms with E-state index in [1.807, 2.05) is 12.3 Å². The van der Waals surface area contributed by atoms with Crippen LogP contribution in [0, 0.1) is 5.82 Å². The van der Waals surface area contributed by atoms with Crippen LogP contribution < -0.4 is 10.1 Å². The van der Waals surface area contributed by atoms with Crippen molar-refractivity contribution >= 4 is 10.9 Å². The fourth-order valence-electron chi connectivity index (χ4n) is 2.72. The van der Waals surface area contributed by atoms with Gasteiger partial charge in [-0.15, -0.1) is 0 Å². The molecule has 1 aromatic heterocycles. The number of ether oxygens (including phenoxy) is 1.